The zero-order chi connectivity index (χ0) is 32.7. The van der Waals surface area contributed by atoms with Crippen molar-refractivity contribution in [3.63, 3.8) is 0 Å². The van der Waals surface area contributed by atoms with Crippen LogP contribution in [0.3, 0.4) is 0 Å². The van der Waals surface area contributed by atoms with Crippen LogP contribution in [0.4, 0.5) is 0 Å². The minimum absolute atomic E-state index is 0.134. The van der Waals surface area contributed by atoms with Crippen LogP contribution in [0.25, 0.3) is 32.7 Å². The van der Waals surface area contributed by atoms with Crippen LogP contribution in [0.5, 0.6) is 5.88 Å². The number of benzene rings is 2. The van der Waals surface area contributed by atoms with Gasteiger partial charge in [0, 0.05) is 41.4 Å². The van der Waals surface area contributed by atoms with E-state index in [1.165, 1.54) is 9.13 Å². The molecule has 45 heavy (non-hydrogen) atoms. The summed E-state index contributed by atoms with van der Waals surface area (Å²) < 4.78 is 2.77. The predicted molar refractivity (Wildman–Crippen MR) is 185 cm³/mol. The normalized spacial score (nSPS) is 12.9. The molecule has 1 aliphatic carbocycles. The van der Waals surface area contributed by atoms with Crippen molar-refractivity contribution in [1.29, 1.82) is 0 Å². The average Bonchev–Trinajstić information content (AvgIpc) is 3.05. The lowest BCUT2D eigenvalue weighted by Crippen LogP contribution is -2.37. The number of pyridine rings is 2. The third-order valence-corrected chi connectivity index (χ3v) is 9.48. The summed E-state index contributed by atoms with van der Waals surface area (Å²) in [6, 6.07) is 5.12. The van der Waals surface area contributed by atoms with E-state index in [4.69, 9.17) is 4.99 Å². The zero-order valence-electron chi connectivity index (χ0n) is 28.2. The van der Waals surface area contributed by atoms with Crippen LogP contribution in [-0.4, -0.2) is 94.4 Å². The van der Waals surface area contributed by atoms with Gasteiger partial charge in [-0.25, -0.2) is 0 Å². The molecule has 1 aliphatic heterocycles. The summed E-state index contributed by atoms with van der Waals surface area (Å²) in [5.74, 6) is -0.134. The fourth-order valence-electron chi connectivity index (χ4n) is 6.61. The van der Waals surface area contributed by atoms with Crippen molar-refractivity contribution < 1.29 is 5.11 Å². The summed E-state index contributed by atoms with van der Waals surface area (Å²) in [7, 11) is 0. The van der Waals surface area contributed by atoms with Crippen LogP contribution in [0, 0.1) is 0 Å². The Kier molecular flexibility index (Phi) is 12.1. The van der Waals surface area contributed by atoms with Crippen molar-refractivity contribution in [1.82, 2.24) is 23.8 Å². The summed E-state index contributed by atoms with van der Waals surface area (Å²) >= 11 is 0. The van der Waals surface area contributed by atoms with Gasteiger partial charge in [-0.2, -0.15) is 0 Å². The van der Waals surface area contributed by atoms with Gasteiger partial charge in [-0.3, -0.25) is 28.5 Å². The van der Waals surface area contributed by atoms with E-state index in [9.17, 15) is 19.5 Å². The molecule has 2 aliphatic rings. The topological polar surface area (TPSA) is 103 Å². The van der Waals surface area contributed by atoms with Crippen LogP contribution in [0.1, 0.15) is 60.8 Å². The van der Waals surface area contributed by atoms with E-state index in [-0.39, 0.29) is 22.6 Å². The Balaban J connectivity index is 1.92. The highest BCUT2D eigenvalue weighted by Gasteiger charge is 2.26. The number of aromatic nitrogens is 2. The fourth-order valence-corrected chi connectivity index (χ4v) is 6.61. The second kappa shape index (κ2) is 15.8. The second-order valence-electron chi connectivity index (χ2n) is 11.8. The molecule has 0 saturated heterocycles. The van der Waals surface area contributed by atoms with Crippen molar-refractivity contribution in [2.75, 3.05) is 65.4 Å². The molecule has 0 saturated carbocycles. The molecule has 2 aromatic rings. The molecule has 2 heterocycles. The van der Waals surface area contributed by atoms with E-state index >= 15 is 0 Å². The Morgan fingerprint density at radius 2 is 1.16 bits per heavy atom. The molecule has 0 spiro atoms. The highest BCUT2D eigenvalue weighted by molar-refractivity contribution is 6.15. The fraction of sp³-hybridized carbons (Fsp3) is 0.600. The smallest absolute Gasteiger partial charge is 0.263 e. The highest BCUT2D eigenvalue weighted by atomic mass is 16.3. The summed E-state index contributed by atoms with van der Waals surface area (Å²) in [5.41, 5.74) is -0.258. The molecule has 4 rings (SSSR count). The molecule has 1 N–H and O–H groups in total. The van der Waals surface area contributed by atoms with Crippen molar-refractivity contribution in [3.05, 3.63) is 54.6 Å². The van der Waals surface area contributed by atoms with Crippen LogP contribution in [0.15, 0.2) is 37.6 Å². The van der Waals surface area contributed by atoms with Gasteiger partial charge in [0.05, 0.1) is 16.3 Å². The molecule has 10 nitrogen and oxygen atoms in total. The van der Waals surface area contributed by atoms with Gasteiger partial charge >= 0.3 is 0 Å². The largest absolute Gasteiger partial charge is 0.494 e. The molecular formula is C35H52N6O4. The Labute approximate surface area is 266 Å². The lowest BCUT2D eigenvalue weighted by Gasteiger charge is -2.21. The molecule has 0 unspecified atom stereocenters. The number of nitrogens with zero attached hydrogens (tertiary/aromatic N) is 6. The van der Waals surface area contributed by atoms with Gasteiger partial charge in [-0.15, -0.1) is 0 Å². The van der Waals surface area contributed by atoms with Crippen molar-refractivity contribution >= 4 is 21.5 Å². The summed E-state index contributed by atoms with van der Waals surface area (Å²) in [4.78, 5) is 53.7. The maximum atomic E-state index is 14.2. The molecule has 0 amide bonds. The van der Waals surface area contributed by atoms with Crippen molar-refractivity contribution in [3.8, 4) is 17.0 Å². The highest BCUT2D eigenvalue weighted by Crippen LogP contribution is 2.36. The molecule has 246 valence electrons. The second-order valence-corrected chi connectivity index (χ2v) is 11.8. The van der Waals surface area contributed by atoms with Crippen LogP contribution in [-0.2, 0) is 13.1 Å². The molecule has 1 aromatic heterocycles. The minimum atomic E-state index is -0.371. The van der Waals surface area contributed by atoms with E-state index in [0.717, 1.165) is 65.3 Å². The molecule has 0 atom stereocenters. The molecular weight excluding hydrogens is 568 g/mol. The molecule has 0 fully saturated rings. The van der Waals surface area contributed by atoms with E-state index < -0.39 is 0 Å². The number of hydrogen-bond donors (Lipinski definition) is 1. The summed E-state index contributed by atoms with van der Waals surface area (Å²) in [6.07, 6.45) is 2.18. The van der Waals surface area contributed by atoms with E-state index in [1.807, 2.05) is 0 Å². The number of hydrogen-bond acceptors (Lipinski definition) is 8. The number of rotatable bonds is 18. The molecule has 1 aromatic carbocycles. The Hall–Kier alpha value is -3.34. The minimum Gasteiger partial charge on any atom is -0.494 e. The van der Waals surface area contributed by atoms with Crippen LogP contribution >= 0.6 is 0 Å². The van der Waals surface area contributed by atoms with Gasteiger partial charge in [-0.1, -0.05) is 41.5 Å². The van der Waals surface area contributed by atoms with Gasteiger partial charge in [0.15, 0.2) is 0 Å². The Morgan fingerprint density at radius 1 is 0.644 bits per heavy atom. The van der Waals surface area contributed by atoms with Crippen LogP contribution < -0.4 is 22.0 Å². The van der Waals surface area contributed by atoms with Gasteiger partial charge in [0.2, 0.25) is 5.88 Å². The lowest BCUT2D eigenvalue weighted by atomic mass is 9.90. The molecule has 0 bridgehead atoms. The van der Waals surface area contributed by atoms with Crippen molar-refractivity contribution in [2.45, 2.75) is 73.9 Å². The quantitative estimate of drug-likeness (QED) is 0.134. The summed E-state index contributed by atoms with van der Waals surface area (Å²) in [6.45, 7) is 21.9. The van der Waals surface area contributed by atoms with E-state index in [0.29, 0.717) is 70.5 Å². The molecule has 10 heteroatoms. The van der Waals surface area contributed by atoms with E-state index in [1.54, 1.807) is 18.2 Å². The standard InChI is InChI=1S/C35H52N6O4/c1-7-37(8-2)19-13-18-36-28-24-27-29-25(32(42)40(34(27)44)22-14-20-38(9-3)10-4)16-17-26-30(29)31(28)35(45)41(33(26)43)23-15-21-39(11-5)12-6/h16-17,24,43H,7-15,18-23H2,1-6H3. The van der Waals surface area contributed by atoms with Crippen LogP contribution in [0.2, 0.25) is 0 Å². The van der Waals surface area contributed by atoms with Gasteiger partial charge in [0.25, 0.3) is 16.7 Å². The van der Waals surface area contributed by atoms with Crippen molar-refractivity contribution in [2.24, 2.45) is 4.99 Å². The first-order valence-electron chi connectivity index (χ1n) is 17.0. The average molecular weight is 621 g/mol. The van der Waals surface area contributed by atoms with Gasteiger partial charge in [-0.05, 0) is 96.4 Å². The lowest BCUT2D eigenvalue weighted by molar-refractivity contribution is 0.289. The first-order chi connectivity index (χ1) is 21.8. The SMILES string of the molecule is CCN(CC)CCCN=c1cc2c(=O)n(CCCN(CC)CC)c(=O)c3ccc4c(O)n(CCCN(CC)CC)c(=O)c1c4c3-2. The maximum absolute atomic E-state index is 14.2. The third-order valence-electron chi connectivity index (χ3n) is 9.48. The maximum Gasteiger partial charge on any atom is 0.263 e. The zero-order valence-corrected chi connectivity index (χ0v) is 28.2. The predicted octanol–water partition coefficient (Wildman–Crippen LogP) is 3.46. The van der Waals surface area contributed by atoms with E-state index in [2.05, 4.69) is 56.2 Å². The van der Waals surface area contributed by atoms with Gasteiger partial charge in [0.1, 0.15) is 0 Å². The third kappa shape index (κ3) is 7.08. The molecule has 0 radical (unpaired) electrons. The Morgan fingerprint density at radius 3 is 1.71 bits per heavy atom. The van der Waals surface area contributed by atoms with Gasteiger partial charge < -0.3 is 19.8 Å². The Bertz CT molecular complexity index is 1750. The first-order valence-corrected chi connectivity index (χ1v) is 17.0. The monoisotopic (exact) mass is 620 g/mol. The summed E-state index contributed by atoms with van der Waals surface area (Å²) in [5, 5.41) is 13.6. The number of aromatic hydroxyl groups is 1. The first kappa shape index (κ1) is 34.5.